The summed E-state index contributed by atoms with van der Waals surface area (Å²) in [5, 5.41) is 0. The Hall–Kier alpha value is -8.20. The zero-order valence-electron chi connectivity index (χ0n) is 39.3. The van der Waals surface area contributed by atoms with Crippen molar-refractivity contribution in [1.29, 1.82) is 0 Å². The van der Waals surface area contributed by atoms with Crippen LogP contribution < -0.4 is 9.80 Å². The normalized spacial score (nSPS) is 15.3. The Morgan fingerprint density at radius 1 is 0.290 bits per heavy atom. The van der Waals surface area contributed by atoms with E-state index in [-0.39, 0.29) is 10.8 Å². The lowest BCUT2D eigenvalue weighted by molar-refractivity contribution is 0.660. The van der Waals surface area contributed by atoms with Gasteiger partial charge >= 0.3 is 0 Å². The topological polar surface area (TPSA) is 6.48 Å². The van der Waals surface area contributed by atoms with Crippen LogP contribution in [0.3, 0.4) is 0 Å². The third kappa shape index (κ3) is 5.43. The molecule has 0 saturated heterocycles. The molecule has 2 heteroatoms. The minimum Gasteiger partial charge on any atom is -0.310 e. The van der Waals surface area contributed by atoms with Crippen LogP contribution in [-0.2, 0) is 16.2 Å². The zero-order valence-corrected chi connectivity index (χ0v) is 39.3. The van der Waals surface area contributed by atoms with Gasteiger partial charge in [-0.25, -0.2) is 0 Å². The first kappa shape index (κ1) is 39.9. The Bertz CT molecular complexity index is 3700. The highest BCUT2D eigenvalue weighted by molar-refractivity contribution is 5.98. The number of hydrogen-bond acceptors (Lipinski definition) is 2. The zero-order chi connectivity index (χ0) is 46.2. The predicted molar refractivity (Wildman–Crippen MR) is 287 cm³/mol. The second-order valence-corrected chi connectivity index (χ2v) is 20.4. The highest BCUT2D eigenvalue weighted by Gasteiger charge is 2.52. The van der Waals surface area contributed by atoms with Crippen molar-refractivity contribution >= 4 is 34.1 Å². The van der Waals surface area contributed by atoms with Gasteiger partial charge in [-0.05, 0) is 156 Å². The van der Waals surface area contributed by atoms with Crippen molar-refractivity contribution in [1.82, 2.24) is 0 Å². The summed E-state index contributed by atoms with van der Waals surface area (Å²) in [6.07, 6.45) is 0. The fraction of sp³-hybridized carbons (Fsp3) is 0.104. The molecule has 3 aliphatic carbocycles. The van der Waals surface area contributed by atoms with E-state index in [1.165, 1.54) is 100 Å². The summed E-state index contributed by atoms with van der Waals surface area (Å²) < 4.78 is 0. The van der Waals surface area contributed by atoms with Gasteiger partial charge in [0.2, 0.25) is 0 Å². The Labute approximate surface area is 405 Å². The molecule has 10 aromatic rings. The molecule has 2 nitrogen and oxygen atoms in total. The van der Waals surface area contributed by atoms with Gasteiger partial charge in [-0.15, -0.1) is 0 Å². The summed E-state index contributed by atoms with van der Waals surface area (Å²) in [6, 6.07) is 86.8. The van der Waals surface area contributed by atoms with E-state index in [0.29, 0.717) is 0 Å². The molecule has 0 unspecified atom stereocenters. The minimum absolute atomic E-state index is 0.157. The van der Waals surface area contributed by atoms with Crippen molar-refractivity contribution in [2.24, 2.45) is 0 Å². The van der Waals surface area contributed by atoms with Crippen molar-refractivity contribution in [2.45, 2.75) is 43.9 Å². The molecule has 0 atom stereocenters. The van der Waals surface area contributed by atoms with Crippen molar-refractivity contribution < 1.29 is 0 Å². The molecule has 69 heavy (non-hydrogen) atoms. The quantitative estimate of drug-likeness (QED) is 0.170. The van der Waals surface area contributed by atoms with Crippen LogP contribution in [0.1, 0.15) is 72.2 Å². The second kappa shape index (κ2) is 14.4. The van der Waals surface area contributed by atoms with Gasteiger partial charge in [0, 0.05) is 33.6 Å². The first-order chi connectivity index (χ1) is 33.7. The van der Waals surface area contributed by atoms with Crippen molar-refractivity contribution in [3.63, 3.8) is 0 Å². The van der Waals surface area contributed by atoms with Gasteiger partial charge in [0.05, 0.1) is 16.8 Å². The molecule has 0 amide bonds. The number of nitrogens with zero attached hydrogens (tertiary/aromatic N) is 2. The molecule has 1 spiro atoms. The molecule has 0 saturated carbocycles. The molecular formula is C67H50N2. The smallest absolute Gasteiger partial charge is 0.0755 e. The number of rotatable bonds is 5. The molecule has 1 heterocycles. The number of para-hydroxylation sites is 3. The van der Waals surface area contributed by atoms with Crippen LogP contribution in [0.5, 0.6) is 0 Å². The summed E-state index contributed by atoms with van der Waals surface area (Å²) in [5.41, 5.74) is 27.0. The van der Waals surface area contributed by atoms with Gasteiger partial charge in [0.15, 0.2) is 0 Å². The molecular weight excluding hydrogens is 833 g/mol. The van der Waals surface area contributed by atoms with E-state index in [1.807, 2.05) is 0 Å². The average Bonchev–Trinajstić information content (AvgIpc) is 3.91. The summed E-state index contributed by atoms with van der Waals surface area (Å²) in [6.45, 7) is 9.58. The number of anilines is 6. The van der Waals surface area contributed by atoms with Gasteiger partial charge in [-0.1, -0.05) is 191 Å². The van der Waals surface area contributed by atoms with Crippen LogP contribution in [0.25, 0.3) is 44.5 Å². The van der Waals surface area contributed by atoms with Crippen molar-refractivity contribution in [3.05, 3.63) is 275 Å². The van der Waals surface area contributed by atoms with Crippen LogP contribution in [0.4, 0.5) is 34.1 Å². The maximum atomic E-state index is 2.54. The Kier molecular flexibility index (Phi) is 8.33. The standard InChI is InChI=1S/C67H50N2/c1-65(2)55-25-13-11-23-49(55)52-36-32-46(40-60(52)65)68(47-33-37-53-51-35-31-44(43-19-7-5-8-20-43)39-59(51)66(3,4)61(53)41-47)48-34-38-54-50-24-12-14-26-56(50)67(62(54)42-48)57-27-15-17-29-63(57)69(45-21-9-6-10-22-45)64-30-18-16-28-58(64)67/h5-42H,1-4H3. The summed E-state index contributed by atoms with van der Waals surface area (Å²) >= 11 is 0. The van der Waals surface area contributed by atoms with E-state index in [9.17, 15) is 0 Å². The Morgan fingerprint density at radius 3 is 1.26 bits per heavy atom. The molecule has 1 aliphatic heterocycles. The number of hydrogen-bond donors (Lipinski definition) is 0. The van der Waals surface area contributed by atoms with E-state index < -0.39 is 5.41 Å². The molecule has 328 valence electrons. The van der Waals surface area contributed by atoms with E-state index >= 15 is 0 Å². The molecule has 10 aromatic carbocycles. The summed E-state index contributed by atoms with van der Waals surface area (Å²) in [5.74, 6) is 0. The summed E-state index contributed by atoms with van der Waals surface area (Å²) in [7, 11) is 0. The first-order valence-electron chi connectivity index (χ1n) is 24.4. The average molecular weight is 883 g/mol. The van der Waals surface area contributed by atoms with Gasteiger partial charge < -0.3 is 9.80 Å². The van der Waals surface area contributed by atoms with E-state index in [1.54, 1.807) is 0 Å². The highest BCUT2D eigenvalue weighted by atomic mass is 15.2. The summed E-state index contributed by atoms with van der Waals surface area (Å²) in [4.78, 5) is 5.01. The monoisotopic (exact) mass is 882 g/mol. The highest BCUT2D eigenvalue weighted by Crippen LogP contribution is 2.64. The molecule has 4 aliphatic rings. The van der Waals surface area contributed by atoms with Crippen LogP contribution in [0.2, 0.25) is 0 Å². The predicted octanol–water partition coefficient (Wildman–Crippen LogP) is 17.6. The van der Waals surface area contributed by atoms with E-state index in [2.05, 4.69) is 268 Å². The molecule has 0 aromatic heterocycles. The van der Waals surface area contributed by atoms with Crippen molar-refractivity contribution in [2.75, 3.05) is 9.80 Å². The molecule has 14 rings (SSSR count). The molecule has 0 bridgehead atoms. The SMILES string of the molecule is CC1(C)c2ccccc2-c2ccc(N(c3ccc4c(c3)C(C)(C)c3cc(-c5ccccc5)ccc3-4)c3ccc4c(c3)C3(c5ccccc5-4)c4ccccc4N(c4ccccc4)c4ccccc43)cc21. The van der Waals surface area contributed by atoms with Crippen LogP contribution in [0.15, 0.2) is 231 Å². The molecule has 0 radical (unpaired) electrons. The van der Waals surface area contributed by atoms with Gasteiger partial charge in [-0.3, -0.25) is 0 Å². The number of benzene rings is 10. The lowest BCUT2D eigenvalue weighted by atomic mass is 9.64. The van der Waals surface area contributed by atoms with E-state index in [0.717, 1.165) is 22.7 Å². The lowest BCUT2D eigenvalue weighted by Gasteiger charge is -2.45. The maximum Gasteiger partial charge on any atom is 0.0755 e. The first-order valence-corrected chi connectivity index (χ1v) is 24.4. The van der Waals surface area contributed by atoms with Crippen LogP contribution in [-0.4, -0.2) is 0 Å². The van der Waals surface area contributed by atoms with E-state index in [4.69, 9.17) is 0 Å². The maximum absolute atomic E-state index is 2.54. The number of fused-ring (bicyclic) bond motifs is 15. The minimum atomic E-state index is -0.578. The third-order valence-corrected chi connectivity index (χ3v) is 16.2. The third-order valence-electron chi connectivity index (χ3n) is 16.2. The largest absolute Gasteiger partial charge is 0.310 e. The van der Waals surface area contributed by atoms with Gasteiger partial charge in [0.25, 0.3) is 0 Å². The Balaban J connectivity index is 1.00. The fourth-order valence-electron chi connectivity index (χ4n) is 13.0. The Morgan fingerprint density at radius 2 is 0.681 bits per heavy atom. The molecule has 0 N–H and O–H groups in total. The lowest BCUT2D eigenvalue weighted by Crippen LogP contribution is -2.36. The molecule has 0 fully saturated rings. The van der Waals surface area contributed by atoms with Gasteiger partial charge in [0.1, 0.15) is 0 Å². The van der Waals surface area contributed by atoms with Crippen LogP contribution >= 0.6 is 0 Å². The van der Waals surface area contributed by atoms with Crippen molar-refractivity contribution in [3.8, 4) is 44.5 Å². The second-order valence-electron chi connectivity index (χ2n) is 20.4. The fourth-order valence-corrected chi connectivity index (χ4v) is 13.0. The van der Waals surface area contributed by atoms with Gasteiger partial charge in [-0.2, -0.15) is 0 Å². The van der Waals surface area contributed by atoms with Crippen LogP contribution in [0, 0.1) is 0 Å².